The lowest BCUT2D eigenvalue weighted by Gasteiger charge is -2.12. The molecule has 0 spiro atoms. The minimum Gasteiger partial charge on any atom is -0.395 e. The van der Waals surface area contributed by atoms with Crippen LogP contribution in [0.4, 0.5) is 5.69 Å². The molecular weight excluding hydrogens is 250 g/mol. The van der Waals surface area contributed by atoms with Gasteiger partial charge < -0.3 is 10.4 Å². The molecule has 0 aliphatic rings. The summed E-state index contributed by atoms with van der Waals surface area (Å²) in [4.78, 5) is 11.7. The van der Waals surface area contributed by atoms with E-state index in [1.54, 1.807) is 0 Å². The number of amides is 1. The lowest BCUT2D eigenvalue weighted by atomic mass is 10.1. The molecule has 5 heteroatoms. The molecule has 18 heavy (non-hydrogen) atoms. The quantitative estimate of drug-likeness (QED) is 0.816. The Kier molecular flexibility index (Phi) is 6.01. The summed E-state index contributed by atoms with van der Waals surface area (Å²) >= 11 is 0. The average molecular weight is 269 g/mol. The largest absolute Gasteiger partial charge is 0.395 e. The topological polar surface area (TPSA) is 66.4 Å². The van der Waals surface area contributed by atoms with Gasteiger partial charge in [0.1, 0.15) is 5.75 Å². The van der Waals surface area contributed by atoms with Gasteiger partial charge in [0.15, 0.2) is 0 Å². The molecule has 1 unspecified atom stereocenters. The monoisotopic (exact) mass is 269 g/mol. The summed E-state index contributed by atoms with van der Waals surface area (Å²) in [5, 5.41) is 11.4. The number of nitrogens with one attached hydrogen (secondary N) is 1. The number of carbonyl (C=O) groups excluding carboxylic acids is 1. The second kappa shape index (κ2) is 7.28. The van der Waals surface area contributed by atoms with Gasteiger partial charge in [-0.3, -0.25) is 9.00 Å². The molecule has 2 N–H and O–H groups in total. The van der Waals surface area contributed by atoms with Crippen molar-refractivity contribution in [3.05, 3.63) is 29.3 Å². The Morgan fingerprint density at radius 3 is 2.78 bits per heavy atom. The average Bonchev–Trinajstić information content (AvgIpc) is 2.31. The molecule has 0 aromatic heterocycles. The van der Waals surface area contributed by atoms with E-state index >= 15 is 0 Å². The predicted molar refractivity (Wildman–Crippen MR) is 74.1 cm³/mol. The maximum Gasteiger partial charge on any atom is 0.237 e. The van der Waals surface area contributed by atoms with Gasteiger partial charge in [-0.25, -0.2) is 0 Å². The summed E-state index contributed by atoms with van der Waals surface area (Å²) in [5.41, 5.74) is 2.87. The fraction of sp³-hybridized carbons (Fsp3) is 0.462. The van der Waals surface area contributed by atoms with Crippen LogP contribution in [0.1, 0.15) is 18.1 Å². The fourth-order valence-electron chi connectivity index (χ4n) is 1.70. The van der Waals surface area contributed by atoms with Gasteiger partial charge in [-0.05, 0) is 24.5 Å². The summed E-state index contributed by atoms with van der Waals surface area (Å²) in [7, 11) is -1.30. The van der Waals surface area contributed by atoms with E-state index in [1.807, 2.05) is 32.0 Å². The lowest BCUT2D eigenvalue weighted by Crippen LogP contribution is -2.22. The van der Waals surface area contributed by atoms with Crippen molar-refractivity contribution in [2.45, 2.75) is 20.3 Å². The molecule has 4 nitrogen and oxygen atoms in total. The van der Waals surface area contributed by atoms with Gasteiger partial charge in [-0.2, -0.15) is 0 Å². The Bertz CT molecular complexity index is 446. The maximum atomic E-state index is 11.7. The van der Waals surface area contributed by atoms with Gasteiger partial charge in [-0.1, -0.05) is 25.1 Å². The molecule has 0 aliphatic heterocycles. The molecule has 1 rings (SSSR count). The zero-order valence-electron chi connectivity index (χ0n) is 10.7. The number of aliphatic hydroxyl groups is 1. The standard InChI is InChI=1S/C13H19NO3S/c1-3-11-6-4-5-10(2)13(11)14-12(16)9-18(17)8-7-15/h4-6,15H,3,7-9H2,1-2H3,(H,14,16). The molecule has 1 aromatic rings. The van der Waals surface area contributed by atoms with Crippen molar-refractivity contribution >= 4 is 22.4 Å². The van der Waals surface area contributed by atoms with E-state index < -0.39 is 10.8 Å². The predicted octanol–water partition coefficient (Wildman–Crippen LogP) is 1.24. The van der Waals surface area contributed by atoms with E-state index in [0.29, 0.717) is 0 Å². The number of aliphatic hydroxyl groups excluding tert-OH is 1. The number of aryl methyl sites for hydroxylation is 2. The number of hydrogen-bond acceptors (Lipinski definition) is 3. The lowest BCUT2D eigenvalue weighted by molar-refractivity contribution is -0.113. The number of rotatable bonds is 6. The van der Waals surface area contributed by atoms with Crippen LogP contribution in [0.5, 0.6) is 0 Å². The van der Waals surface area contributed by atoms with Gasteiger partial charge >= 0.3 is 0 Å². The van der Waals surface area contributed by atoms with Crippen LogP contribution in [0.2, 0.25) is 0 Å². The maximum absolute atomic E-state index is 11.7. The van der Waals surface area contributed by atoms with Crippen molar-refractivity contribution in [3.63, 3.8) is 0 Å². The van der Waals surface area contributed by atoms with Crippen LogP contribution in [0, 0.1) is 6.92 Å². The zero-order chi connectivity index (χ0) is 13.5. The van der Waals surface area contributed by atoms with Crippen molar-refractivity contribution in [2.24, 2.45) is 0 Å². The molecule has 0 saturated carbocycles. The van der Waals surface area contributed by atoms with Crippen molar-refractivity contribution < 1.29 is 14.1 Å². The number of anilines is 1. The van der Waals surface area contributed by atoms with Crippen molar-refractivity contribution in [2.75, 3.05) is 23.4 Å². The minimum atomic E-state index is -1.30. The van der Waals surface area contributed by atoms with Crippen molar-refractivity contribution in [1.82, 2.24) is 0 Å². The highest BCUT2D eigenvalue weighted by Gasteiger charge is 2.11. The van der Waals surface area contributed by atoms with E-state index in [0.717, 1.165) is 23.2 Å². The third-order valence-corrected chi connectivity index (χ3v) is 3.84. The van der Waals surface area contributed by atoms with E-state index in [9.17, 15) is 9.00 Å². The van der Waals surface area contributed by atoms with Crippen LogP contribution in [-0.4, -0.2) is 33.3 Å². The first-order valence-corrected chi connectivity index (χ1v) is 7.41. The van der Waals surface area contributed by atoms with Crippen molar-refractivity contribution in [3.8, 4) is 0 Å². The summed E-state index contributed by atoms with van der Waals surface area (Å²) < 4.78 is 11.4. The van der Waals surface area contributed by atoms with Gasteiger partial charge in [-0.15, -0.1) is 0 Å². The van der Waals surface area contributed by atoms with Crippen LogP contribution >= 0.6 is 0 Å². The number of benzene rings is 1. The third kappa shape index (κ3) is 4.23. The number of hydrogen-bond donors (Lipinski definition) is 2. The molecule has 0 fully saturated rings. The third-order valence-electron chi connectivity index (χ3n) is 2.62. The molecule has 0 saturated heterocycles. The van der Waals surface area contributed by atoms with E-state index in [1.165, 1.54) is 0 Å². The minimum absolute atomic E-state index is 0.0714. The molecule has 0 aliphatic carbocycles. The van der Waals surface area contributed by atoms with E-state index in [2.05, 4.69) is 5.32 Å². The second-order valence-electron chi connectivity index (χ2n) is 4.02. The normalized spacial score (nSPS) is 12.2. The first-order valence-electron chi connectivity index (χ1n) is 5.92. The van der Waals surface area contributed by atoms with Crippen LogP contribution in [0.15, 0.2) is 18.2 Å². The Labute approximate surface area is 110 Å². The summed E-state index contributed by atoms with van der Waals surface area (Å²) in [6.45, 7) is 3.79. The molecule has 0 radical (unpaired) electrons. The first kappa shape index (κ1) is 14.9. The highest BCUT2D eigenvalue weighted by atomic mass is 32.2. The fourth-order valence-corrected chi connectivity index (χ4v) is 2.41. The summed E-state index contributed by atoms with van der Waals surface area (Å²) in [5.74, 6) is -0.203. The molecule has 1 atom stereocenters. The van der Waals surface area contributed by atoms with Gasteiger partial charge in [0.25, 0.3) is 0 Å². The highest BCUT2D eigenvalue weighted by molar-refractivity contribution is 7.85. The molecule has 0 heterocycles. The zero-order valence-corrected chi connectivity index (χ0v) is 11.5. The molecule has 100 valence electrons. The van der Waals surface area contributed by atoms with E-state index in [-0.39, 0.29) is 24.0 Å². The Hall–Kier alpha value is -1.20. The van der Waals surface area contributed by atoms with Crippen molar-refractivity contribution in [1.29, 1.82) is 0 Å². The number of carbonyl (C=O) groups is 1. The molecule has 1 amide bonds. The van der Waals surface area contributed by atoms with E-state index in [4.69, 9.17) is 5.11 Å². The SMILES string of the molecule is CCc1cccc(C)c1NC(=O)CS(=O)CCO. The van der Waals surface area contributed by atoms with Crippen LogP contribution in [0.3, 0.4) is 0 Å². The first-order chi connectivity index (χ1) is 8.58. The summed E-state index contributed by atoms with van der Waals surface area (Å²) in [6, 6.07) is 5.85. The van der Waals surface area contributed by atoms with Gasteiger partial charge in [0.05, 0.1) is 6.61 Å². The summed E-state index contributed by atoms with van der Waals surface area (Å²) in [6.07, 6.45) is 0.830. The molecule has 0 bridgehead atoms. The number of para-hydroxylation sites is 1. The Balaban J connectivity index is 2.72. The molecular formula is C13H19NO3S. The Morgan fingerprint density at radius 2 is 2.17 bits per heavy atom. The Morgan fingerprint density at radius 1 is 1.44 bits per heavy atom. The molecule has 1 aromatic carbocycles. The van der Waals surface area contributed by atoms with Gasteiger partial charge in [0, 0.05) is 22.2 Å². The van der Waals surface area contributed by atoms with Crippen LogP contribution in [-0.2, 0) is 22.0 Å². The van der Waals surface area contributed by atoms with Gasteiger partial charge in [0.2, 0.25) is 5.91 Å². The smallest absolute Gasteiger partial charge is 0.237 e. The highest BCUT2D eigenvalue weighted by Crippen LogP contribution is 2.20. The van der Waals surface area contributed by atoms with Crippen LogP contribution < -0.4 is 5.32 Å². The second-order valence-corrected chi connectivity index (χ2v) is 5.60. The van der Waals surface area contributed by atoms with Crippen LogP contribution in [0.25, 0.3) is 0 Å².